The number of nitrogens with two attached hydrogens (primary N) is 1. The Morgan fingerprint density at radius 1 is 1.28 bits per heavy atom. The van der Waals surface area contributed by atoms with Crippen LogP contribution in [0.2, 0.25) is 10.0 Å². The van der Waals surface area contributed by atoms with E-state index in [9.17, 15) is 4.79 Å². The minimum absolute atomic E-state index is 0.113. The van der Waals surface area contributed by atoms with Crippen LogP contribution in [-0.2, 0) is 4.79 Å². The number of anilines is 1. The third-order valence-corrected chi connectivity index (χ3v) is 3.53. The number of amides is 1. The highest BCUT2D eigenvalue weighted by atomic mass is 35.5. The summed E-state index contributed by atoms with van der Waals surface area (Å²) in [6.07, 6.45) is 2.05. The summed E-state index contributed by atoms with van der Waals surface area (Å²) in [6, 6.07) is 3.06. The molecule has 0 saturated carbocycles. The Labute approximate surface area is 115 Å². The van der Waals surface area contributed by atoms with E-state index in [1.54, 1.807) is 0 Å². The summed E-state index contributed by atoms with van der Waals surface area (Å²) in [4.78, 5) is 11.7. The summed E-state index contributed by atoms with van der Waals surface area (Å²) in [5.41, 5.74) is 6.17. The Hall–Kier alpha value is -1.13. The van der Waals surface area contributed by atoms with Crippen LogP contribution in [0.3, 0.4) is 0 Å². The average molecular weight is 289 g/mol. The van der Waals surface area contributed by atoms with Gasteiger partial charge in [-0.1, -0.05) is 23.2 Å². The quantitative estimate of drug-likeness (QED) is 0.823. The highest BCUT2D eigenvalue weighted by Gasteiger charge is 2.23. The second-order valence-corrected chi connectivity index (χ2v) is 5.01. The Balaban J connectivity index is 2.17. The van der Waals surface area contributed by atoms with E-state index in [4.69, 9.17) is 33.7 Å². The lowest BCUT2D eigenvalue weighted by Crippen LogP contribution is -2.36. The third-order valence-electron chi connectivity index (χ3n) is 2.81. The van der Waals surface area contributed by atoms with Crippen LogP contribution in [0, 0.1) is 0 Å². The van der Waals surface area contributed by atoms with Gasteiger partial charge < -0.3 is 15.8 Å². The molecule has 0 aromatic heterocycles. The van der Waals surface area contributed by atoms with Gasteiger partial charge in [-0.15, -0.1) is 0 Å². The monoisotopic (exact) mass is 288 g/mol. The summed E-state index contributed by atoms with van der Waals surface area (Å²) in [6.45, 7) is 0.690. The van der Waals surface area contributed by atoms with Crippen molar-refractivity contribution in [2.75, 3.05) is 12.3 Å². The molecule has 3 N–H and O–H groups in total. The number of carbonyl (C=O) groups excluding carboxylic acids is 1. The molecule has 1 fully saturated rings. The summed E-state index contributed by atoms with van der Waals surface area (Å²) >= 11 is 11.7. The number of nitrogen functional groups attached to an aromatic ring is 1. The molecule has 0 bridgehead atoms. The van der Waals surface area contributed by atoms with Gasteiger partial charge in [0, 0.05) is 12.6 Å². The number of hydrogen-bond acceptors (Lipinski definition) is 3. The van der Waals surface area contributed by atoms with Crippen molar-refractivity contribution in [3.63, 3.8) is 0 Å². The fourth-order valence-electron chi connectivity index (χ4n) is 1.82. The fraction of sp³-hybridized carbons (Fsp3) is 0.417. The molecule has 0 radical (unpaired) electrons. The average Bonchev–Trinajstić information content (AvgIpc) is 2.52. The molecule has 0 spiro atoms. The van der Waals surface area contributed by atoms with Crippen LogP contribution in [0.5, 0.6) is 5.75 Å². The standard InChI is InChI=1S/C12H14Cl2N2O2/c13-7-5-9(15)11(6-8(7)14)18-10-3-1-2-4-16-12(10)17/h5-6,10H,1-4,15H2,(H,16,17). The topological polar surface area (TPSA) is 64.3 Å². The smallest absolute Gasteiger partial charge is 0.261 e. The molecule has 0 aliphatic carbocycles. The molecular formula is C12H14Cl2N2O2. The van der Waals surface area contributed by atoms with E-state index in [1.165, 1.54) is 12.1 Å². The van der Waals surface area contributed by atoms with Crippen LogP contribution in [0.1, 0.15) is 19.3 Å². The number of rotatable bonds is 2. The van der Waals surface area contributed by atoms with Crippen LogP contribution in [0.25, 0.3) is 0 Å². The predicted octanol–water partition coefficient (Wildman–Crippen LogP) is 2.62. The molecule has 98 valence electrons. The zero-order valence-electron chi connectivity index (χ0n) is 9.71. The van der Waals surface area contributed by atoms with Crippen molar-refractivity contribution >= 4 is 34.8 Å². The van der Waals surface area contributed by atoms with Crippen molar-refractivity contribution in [1.29, 1.82) is 0 Å². The highest BCUT2D eigenvalue weighted by molar-refractivity contribution is 6.42. The van der Waals surface area contributed by atoms with E-state index in [2.05, 4.69) is 5.32 Å². The van der Waals surface area contributed by atoms with Gasteiger partial charge in [0.25, 0.3) is 5.91 Å². The Morgan fingerprint density at radius 2 is 2.00 bits per heavy atom. The van der Waals surface area contributed by atoms with E-state index in [1.807, 2.05) is 0 Å². The van der Waals surface area contributed by atoms with Gasteiger partial charge >= 0.3 is 0 Å². The SMILES string of the molecule is Nc1cc(Cl)c(Cl)cc1OC1CCCCNC1=O. The lowest BCUT2D eigenvalue weighted by molar-refractivity contribution is -0.127. The first-order valence-electron chi connectivity index (χ1n) is 5.77. The second kappa shape index (κ2) is 5.67. The molecule has 4 nitrogen and oxygen atoms in total. The second-order valence-electron chi connectivity index (χ2n) is 4.20. The number of nitrogens with one attached hydrogen (secondary N) is 1. The van der Waals surface area contributed by atoms with E-state index in [-0.39, 0.29) is 5.91 Å². The maximum Gasteiger partial charge on any atom is 0.261 e. The van der Waals surface area contributed by atoms with Crippen LogP contribution in [0.4, 0.5) is 5.69 Å². The van der Waals surface area contributed by atoms with Crippen molar-refractivity contribution in [2.24, 2.45) is 0 Å². The van der Waals surface area contributed by atoms with E-state index in [0.717, 1.165) is 12.8 Å². The molecule has 1 unspecified atom stereocenters. The highest BCUT2D eigenvalue weighted by Crippen LogP contribution is 2.33. The van der Waals surface area contributed by atoms with Gasteiger partial charge in [-0.2, -0.15) is 0 Å². The van der Waals surface area contributed by atoms with Gasteiger partial charge in [-0.05, 0) is 25.3 Å². The van der Waals surface area contributed by atoms with Crippen LogP contribution >= 0.6 is 23.2 Å². The first kappa shape index (κ1) is 13.3. The molecular weight excluding hydrogens is 275 g/mol. The number of ether oxygens (including phenoxy) is 1. The van der Waals surface area contributed by atoms with Gasteiger partial charge in [-0.3, -0.25) is 4.79 Å². The summed E-state index contributed by atoms with van der Waals surface area (Å²) in [5, 5.41) is 3.52. The summed E-state index contributed by atoms with van der Waals surface area (Å²) < 4.78 is 5.63. The molecule has 1 amide bonds. The molecule has 1 aliphatic heterocycles. The normalized spacial score (nSPS) is 20.1. The van der Waals surface area contributed by atoms with Gasteiger partial charge in [0.1, 0.15) is 5.75 Å². The molecule has 1 aromatic carbocycles. The van der Waals surface area contributed by atoms with Gasteiger partial charge in [0.15, 0.2) is 6.10 Å². The molecule has 1 aromatic rings. The predicted molar refractivity (Wildman–Crippen MR) is 72.2 cm³/mol. The van der Waals surface area contributed by atoms with Gasteiger partial charge in [-0.25, -0.2) is 0 Å². The molecule has 1 atom stereocenters. The minimum atomic E-state index is -0.521. The summed E-state index contributed by atoms with van der Waals surface area (Å²) in [7, 11) is 0. The molecule has 6 heteroatoms. The largest absolute Gasteiger partial charge is 0.478 e. The molecule has 2 rings (SSSR count). The Kier molecular flexibility index (Phi) is 4.19. The third kappa shape index (κ3) is 3.00. The zero-order valence-corrected chi connectivity index (χ0v) is 11.2. The Bertz CT molecular complexity index is 466. The zero-order chi connectivity index (χ0) is 13.1. The van der Waals surface area contributed by atoms with Crippen molar-refractivity contribution < 1.29 is 9.53 Å². The summed E-state index contributed by atoms with van der Waals surface area (Å²) in [5.74, 6) is 0.282. The number of carbonyl (C=O) groups is 1. The van der Waals surface area contributed by atoms with Crippen molar-refractivity contribution in [3.05, 3.63) is 22.2 Å². The molecule has 18 heavy (non-hydrogen) atoms. The van der Waals surface area contributed by atoms with E-state index in [0.29, 0.717) is 34.4 Å². The number of benzene rings is 1. The van der Waals surface area contributed by atoms with Crippen LogP contribution in [-0.4, -0.2) is 18.6 Å². The maximum absolute atomic E-state index is 11.7. The van der Waals surface area contributed by atoms with Crippen LogP contribution < -0.4 is 15.8 Å². The number of hydrogen-bond donors (Lipinski definition) is 2. The van der Waals surface area contributed by atoms with Gasteiger partial charge in [0.2, 0.25) is 0 Å². The molecule has 1 saturated heterocycles. The van der Waals surface area contributed by atoms with E-state index >= 15 is 0 Å². The van der Waals surface area contributed by atoms with Crippen molar-refractivity contribution in [1.82, 2.24) is 5.32 Å². The molecule has 1 heterocycles. The Morgan fingerprint density at radius 3 is 2.78 bits per heavy atom. The number of halogens is 2. The molecule has 1 aliphatic rings. The first-order valence-corrected chi connectivity index (χ1v) is 6.52. The first-order chi connectivity index (χ1) is 8.58. The lowest BCUT2D eigenvalue weighted by Gasteiger charge is -2.17. The van der Waals surface area contributed by atoms with Gasteiger partial charge in [0.05, 0.1) is 15.7 Å². The van der Waals surface area contributed by atoms with Crippen molar-refractivity contribution in [3.8, 4) is 5.75 Å². The van der Waals surface area contributed by atoms with Crippen molar-refractivity contribution in [2.45, 2.75) is 25.4 Å². The maximum atomic E-state index is 11.7. The minimum Gasteiger partial charge on any atom is -0.478 e. The van der Waals surface area contributed by atoms with E-state index < -0.39 is 6.10 Å². The van der Waals surface area contributed by atoms with Crippen LogP contribution in [0.15, 0.2) is 12.1 Å². The fourth-order valence-corrected chi connectivity index (χ4v) is 2.15. The lowest BCUT2D eigenvalue weighted by atomic mass is 10.2.